The molecule has 0 fully saturated rings. The summed E-state index contributed by atoms with van der Waals surface area (Å²) in [6.07, 6.45) is 5.77. The molecule has 3 heterocycles. The van der Waals surface area contributed by atoms with Crippen molar-refractivity contribution in [1.82, 2.24) is 19.7 Å². The molecule has 27 heavy (non-hydrogen) atoms. The number of nitrogen functional groups attached to an aromatic ring is 1. The van der Waals surface area contributed by atoms with E-state index in [4.69, 9.17) is 11.5 Å². The molecule has 1 unspecified atom stereocenters. The topological polar surface area (TPSA) is 113 Å². The summed E-state index contributed by atoms with van der Waals surface area (Å²) in [6.45, 7) is 1.90. The van der Waals surface area contributed by atoms with E-state index in [0.29, 0.717) is 12.2 Å². The number of thiazole rings is 1. The van der Waals surface area contributed by atoms with Crippen molar-refractivity contribution in [2.75, 3.05) is 5.73 Å². The predicted octanol–water partition coefficient (Wildman–Crippen LogP) is 3.24. The van der Waals surface area contributed by atoms with Crippen molar-refractivity contribution in [3.63, 3.8) is 0 Å². The van der Waals surface area contributed by atoms with Gasteiger partial charge in [-0.1, -0.05) is 19.1 Å². The maximum Gasteiger partial charge on any atom is 0.242 e. The molecule has 0 aliphatic rings. The number of nitrogens with two attached hydrogens (primary N) is 2. The largest absolute Gasteiger partial charge is 0.383 e. The van der Waals surface area contributed by atoms with Gasteiger partial charge < -0.3 is 11.5 Å². The molecule has 0 aliphatic heterocycles. The van der Waals surface area contributed by atoms with Gasteiger partial charge in [-0.15, -0.1) is 11.3 Å². The molecular weight excluding hydrogens is 360 g/mol. The number of benzene rings is 1. The Balaban J connectivity index is 1.75. The van der Waals surface area contributed by atoms with Crippen LogP contribution in [0.5, 0.6) is 0 Å². The molecule has 4 aromatic rings. The van der Waals surface area contributed by atoms with Crippen molar-refractivity contribution in [3.8, 4) is 21.7 Å². The van der Waals surface area contributed by atoms with Gasteiger partial charge in [-0.05, 0) is 24.6 Å². The zero-order chi connectivity index (χ0) is 19.0. The van der Waals surface area contributed by atoms with E-state index >= 15 is 0 Å². The zero-order valence-electron chi connectivity index (χ0n) is 14.7. The van der Waals surface area contributed by atoms with E-state index in [9.17, 15) is 4.79 Å². The van der Waals surface area contributed by atoms with E-state index < -0.39 is 11.9 Å². The van der Waals surface area contributed by atoms with E-state index in [1.165, 1.54) is 0 Å². The minimum absolute atomic E-state index is 0.405. The number of pyridine rings is 1. The van der Waals surface area contributed by atoms with Crippen LogP contribution < -0.4 is 11.5 Å². The Bertz CT molecular complexity index is 1100. The summed E-state index contributed by atoms with van der Waals surface area (Å²) in [5, 5.41) is 5.11. The molecule has 4 N–H and O–H groups in total. The van der Waals surface area contributed by atoms with Crippen molar-refractivity contribution >= 4 is 33.3 Å². The van der Waals surface area contributed by atoms with Crippen LogP contribution in [0.4, 0.5) is 5.82 Å². The summed E-state index contributed by atoms with van der Waals surface area (Å²) in [5.41, 5.74) is 15.0. The molecule has 1 atom stereocenters. The fraction of sp³-hybridized carbons (Fsp3) is 0.158. The van der Waals surface area contributed by atoms with Crippen LogP contribution in [0.1, 0.15) is 19.4 Å². The third-order valence-electron chi connectivity index (χ3n) is 4.41. The predicted molar refractivity (Wildman–Crippen MR) is 107 cm³/mol. The third kappa shape index (κ3) is 3.15. The quantitative estimate of drug-likeness (QED) is 0.553. The van der Waals surface area contributed by atoms with Crippen molar-refractivity contribution < 1.29 is 4.79 Å². The molecule has 0 aliphatic carbocycles. The van der Waals surface area contributed by atoms with Crippen LogP contribution in [0.25, 0.3) is 31.9 Å². The second kappa shape index (κ2) is 6.81. The SMILES string of the molecule is CCC(C(N)=O)n1cc(-c2cnc(N)c(-c3nc4ccccc4s3)c2)cn1. The highest BCUT2D eigenvalue weighted by Gasteiger charge is 2.17. The fourth-order valence-corrected chi connectivity index (χ4v) is 3.96. The van der Waals surface area contributed by atoms with Crippen LogP contribution in [0.2, 0.25) is 0 Å². The zero-order valence-corrected chi connectivity index (χ0v) is 15.5. The second-order valence-corrected chi connectivity index (χ2v) is 7.21. The van der Waals surface area contributed by atoms with E-state index in [2.05, 4.69) is 15.1 Å². The summed E-state index contributed by atoms with van der Waals surface area (Å²) < 4.78 is 2.68. The first-order valence-corrected chi connectivity index (χ1v) is 9.33. The molecule has 0 spiro atoms. The summed E-state index contributed by atoms with van der Waals surface area (Å²) in [7, 11) is 0. The van der Waals surface area contributed by atoms with Crippen molar-refractivity contribution in [3.05, 3.63) is 48.9 Å². The molecule has 1 aromatic carbocycles. The van der Waals surface area contributed by atoms with Gasteiger partial charge in [0.15, 0.2) is 0 Å². The van der Waals surface area contributed by atoms with Gasteiger partial charge in [0.25, 0.3) is 0 Å². The Morgan fingerprint density at radius 1 is 1.26 bits per heavy atom. The van der Waals surface area contributed by atoms with Crippen molar-refractivity contribution in [2.45, 2.75) is 19.4 Å². The highest BCUT2D eigenvalue weighted by atomic mass is 32.1. The summed E-state index contributed by atoms with van der Waals surface area (Å²) in [4.78, 5) is 20.6. The van der Waals surface area contributed by atoms with Crippen LogP contribution in [0.15, 0.2) is 48.9 Å². The van der Waals surface area contributed by atoms with E-state index in [1.807, 2.05) is 37.3 Å². The normalized spacial score (nSPS) is 12.3. The highest BCUT2D eigenvalue weighted by molar-refractivity contribution is 7.21. The number of rotatable bonds is 5. The average molecular weight is 378 g/mol. The molecule has 4 rings (SSSR count). The molecule has 0 radical (unpaired) electrons. The Kier molecular flexibility index (Phi) is 4.33. The van der Waals surface area contributed by atoms with Gasteiger partial charge >= 0.3 is 0 Å². The first-order valence-electron chi connectivity index (χ1n) is 8.52. The standard InChI is InChI=1S/C19H18N6OS/c1-2-15(18(21)26)25-10-12(9-23-25)11-7-13(17(20)22-8-11)19-24-14-5-3-4-6-16(14)27-19/h3-10,15H,2H2,1H3,(H2,20,22)(H2,21,26). The monoisotopic (exact) mass is 378 g/mol. The van der Waals surface area contributed by atoms with Crippen LogP contribution in [0, 0.1) is 0 Å². The number of fused-ring (bicyclic) bond motifs is 1. The van der Waals surface area contributed by atoms with Crippen LogP contribution >= 0.6 is 11.3 Å². The number of anilines is 1. The number of carbonyl (C=O) groups excluding carboxylic acids is 1. The smallest absolute Gasteiger partial charge is 0.242 e. The molecule has 1 amide bonds. The maximum absolute atomic E-state index is 11.6. The number of amides is 1. The van der Waals surface area contributed by atoms with Crippen molar-refractivity contribution in [2.24, 2.45) is 5.73 Å². The lowest BCUT2D eigenvalue weighted by Crippen LogP contribution is -2.26. The number of aromatic nitrogens is 4. The van der Waals surface area contributed by atoms with Gasteiger partial charge in [-0.3, -0.25) is 9.48 Å². The third-order valence-corrected chi connectivity index (χ3v) is 5.48. The minimum atomic E-state index is -0.468. The van der Waals surface area contributed by atoms with Crippen LogP contribution in [-0.4, -0.2) is 25.7 Å². The molecule has 7 nitrogen and oxygen atoms in total. The van der Waals surface area contributed by atoms with Gasteiger partial charge in [0, 0.05) is 23.5 Å². The summed E-state index contributed by atoms with van der Waals surface area (Å²) in [5.74, 6) is 0.0199. The molecule has 136 valence electrons. The number of hydrogen-bond acceptors (Lipinski definition) is 6. The Hall–Kier alpha value is -3.26. The van der Waals surface area contributed by atoms with Gasteiger partial charge in [-0.2, -0.15) is 5.10 Å². The Morgan fingerprint density at radius 2 is 2.07 bits per heavy atom. The first-order chi connectivity index (χ1) is 13.1. The molecule has 3 aromatic heterocycles. The maximum atomic E-state index is 11.6. The van der Waals surface area contributed by atoms with E-state index in [-0.39, 0.29) is 0 Å². The summed E-state index contributed by atoms with van der Waals surface area (Å²) in [6, 6.07) is 9.43. The van der Waals surface area contributed by atoms with Crippen LogP contribution in [0.3, 0.4) is 0 Å². The van der Waals surface area contributed by atoms with Gasteiger partial charge in [0.1, 0.15) is 16.9 Å². The lowest BCUT2D eigenvalue weighted by Gasteiger charge is -2.10. The Labute approximate surface area is 159 Å². The average Bonchev–Trinajstić information content (AvgIpc) is 3.29. The number of nitrogens with zero attached hydrogens (tertiary/aromatic N) is 4. The molecule has 0 saturated carbocycles. The molecule has 8 heteroatoms. The fourth-order valence-electron chi connectivity index (χ4n) is 2.97. The van der Waals surface area contributed by atoms with Gasteiger partial charge in [-0.25, -0.2) is 9.97 Å². The van der Waals surface area contributed by atoms with E-state index in [0.717, 1.165) is 31.9 Å². The van der Waals surface area contributed by atoms with Gasteiger partial charge in [0.2, 0.25) is 5.91 Å². The first kappa shape index (κ1) is 17.2. The number of para-hydroxylation sites is 1. The second-order valence-electron chi connectivity index (χ2n) is 6.18. The lowest BCUT2D eigenvalue weighted by atomic mass is 10.1. The van der Waals surface area contributed by atoms with Crippen LogP contribution in [-0.2, 0) is 4.79 Å². The number of carbonyl (C=O) groups is 1. The molecule has 0 saturated heterocycles. The lowest BCUT2D eigenvalue weighted by molar-refractivity contribution is -0.121. The molecular formula is C19H18N6OS. The number of primary amides is 1. The van der Waals surface area contributed by atoms with Crippen molar-refractivity contribution in [1.29, 1.82) is 0 Å². The molecule has 0 bridgehead atoms. The van der Waals surface area contributed by atoms with E-state index in [1.54, 1.807) is 34.6 Å². The van der Waals surface area contributed by atoms with Gasteiger partial charge in [0.05, 0.1) is 22.0 Å². The minimum Gasteiger partial charge on any atom is -0.383 e. The number of hydrogen-bond donors (Lipinski definition) is 2. The Morgan fingerprint density at radius 3 is 2.81 bits per heavy atom. The highest BCUT2D eigenvalue weighted by Crippen LogP contribution is 2.35. The summed E-state index contributed by atoms with van der Waals surface area (Å²) >= 11 is 1.57.